The summed E-state index contributed by atoms with van der Waals surface area (Å²) in [5, 5.41) is 4.61. The Bertz CT molecular complexity index is 406. The summed E-state index contributed by atoms with van der Waals surface area (Å²) in [6.07, 6.45) is 0. The predicted octanol–water partition coefficient (Wildman–Crippen LogP) is 3.99. The molecule has 0 amide bonds. The SMILES string of the molecule is Cc1cc(C)c(NC(=S)N(C)C(C)C)c(Cl)c1. The summed E-state index contributed by atoms with van der Waals surface area (Å²) in [4.78, 5) is 2.00. The lowest BCUT2D eigenvalue weighted by Gasteiger charge is -2.25. The molecule has 0 fully saturated rings. The Kier molecular flexibility index (Phi) is 4.78. The third kappa shape index (κ3) is 3.58. The molecule has 0 spiro atoms. The van der Waals surface area contributed by atoms with Gasteiger partial charge >= 0.3 is 0 Å². The number of aryl methyl sites for hydroxylation is 2. The third-order valence-corrected chi connectivity index (χ3v) is 3.45. The molecule has 2 nitrogen and oxygen atoms in total. The number of hydrogen-bond donors (Lipinski definition) is 1. The van der Waals surface area contributed by atoms with Crippen molar-refractivity contribution in [2.24, 2.45) is 0 Å². The smallest absolute Gasteiger partial charge is 0.173 e. The zero-order valence-electron chi connectivity index (χ0n) is 11.0. The molecule has 0 aromatic heterocycles. The standard InChI is InChI=1S/C13H19ClN2S/c1-8(2)16(5)13(17)15-12-10(4)6-9(3)7-11(12)14/h6-8H,1-5H3,(H,15,17). The normalized spacial score (nSPS) is 10.5. The molecule has 0 aliphatic heterocycles. The summed E-state index contributed by atoms with van der Waals surface area (Å²) in [5.41, 5.74) is 3.16. The van der Waals surface area contributed by atoms with Gasteiger partial charge < -0.3 is 10.2 Å². The van der Waals surface area contributed by atoms with Gasteiger partial charge in [-0.15, -0.1) is 0 Å². The second kappa shape index (κ2) is 5.69. The van der Waals surface area contributed by atoms with E-state index in [9.17, 15) is 0 Å². The van der Waals surface area contributed by atoms with Gasteiger partial charge in [-0.1, -0.05) is 17.7 Å². The van der Waals surface area contributed by atoms with Crippen molar-refractivity contribution in [3.05, 3.63) is 28.3 Å². The molecular formula is C13H19ClN2S. The molecule has 0 saturated heterocycles. The molecule has 1 N–H and O–H groups in total. The molecule has 94 valence electrons. The van der Waals surface area contributed by atoms with Crippen LogP contribution < -0.4 is 5.32 Å². The summed E-state index contributed by atoms with van der Waals surface area (Å²) < 4.78 is 0. The minimum atomic E-state index is 0.361. The van der Waals surface area contributed by atoms with Crippen molar-refractivity contribution in [3.63, 3.8) is 0 Å². The highest BCUT2D eigenvalue weighted by Crippen LogP contribution is 2.27. The number of nitrogens with zero attached hydrogens (tertiary/aromatic N) is 1. The van der Waals surface area contributed by atoms with Gasteiger partial charge in [0.15, 0.2) is 5.11 Å². The minimum absolute atomic E-state index is 0.361. The highest BCUT2D eigenvalue weighted by molar-refractivity contribution is 7.80. The van der Waals surface area contributed by atoms with Gasteiger partial charge in [-0.3, -0.25) is 0 Å². The zero-order chi connectivity index (χ0) is 13.2. The Morgan fingerprint density at radius 1 is 1.35 bits per heavy atom. The first-order valence-corrected chi connectivity index (χ1v) is 6.42. The van der Waals surface area contributed by atoms with Crippen LogP contribution in [0.5, 0.6) is 0 Å². The highest BCUT2D eigenvalue weighted by atomic mass is 35.5. The molecule has 1 rings (SSSR count). The minimum Gasteiger partial charge on any atom is -0.350 e. The van der Waals surface area contributed by atoms with Crippen LogP contribution in [0.25, 0.3) is 0 Å². The van der Waals surface area contributed by atoms with Crippen LogP contribution in [0.1, 0.15) is 25.0 Å². The summed E-state index contributed by atoms with van der Waals surface area (Å²) in [7, 11) is 1.97. The third-order valence-electron chi connectivity index (χ3n) is 2.76. The fourth-order valence-corrected chi connectivity index (χ4v) is 2.18. The Balaban J connectivity index is 2.93. The van der Waals surface area contributed by atoms with Gasteiger partial charge in [0.05, 0.1) is 10.7 Å². The second-order valence-corrected chi connectivity index (χ2v) is 5.37. The van der Waals surface area contributed by atoms with Gasteiger partial charge in [0.25, 0.3) is 0 Å². The molecule has 0 unspecified atom stereocenters. The number of nitrogens with one attached hydrogen (secondary N) is 1. The lowest BCUT2D eigenvalue weighted by Crippen LogP contribution is -2.36. The molecule has 1 aromatic rings. The van der Waals surface area contributed by atoms with E-state index in [1.165, 1.54) is 0 Å². The average Bonchev–Trinajstić information content (AvgIpc) is 2.21. The van der Waals surface area contributed by atoms with Gasteiger partial charge in [-0.25, -0.2) is 0 Å². The molecule has 0 saturated carbocycles. The van der Waals surface area contributed by atoms with Gasteiger partial charge in [0.1, 0.15) is 0 Å². The Morgan fingerprint density at radius 2 is 1.94 bits per heavy atom. The zero-order valence-corrected chi connectivity index (χ0v) is 12.5. The van der Waals surface area contributed by atoms with Crippen LogP contribution in [0.4, 0.5) is 5.69 Å². The van der Waals surface area contributed by atoms with E-state index in [-0.39, 0.29) is 0 Å². The fraction of sp³-hybridized carbons (Fsp3) is 0.462. The van der Waals surface area contributed by atoms with Gasteiger partial charge in [0.2, 0.25) is 0 Å². The molecule has 4 heteroatoms. The van der Waals surface area contributed by atoms with E-state index in [1.54, 1.807) is 0 Å². The number of anilines is 1. The van der Waals surface area contributed by atoms with E-state index in [0.29, 0.717) is 16.2 Å². The van der Waals surface area contributed by atoms with Crippen LogP contribution in [0.2, 0.25) is 5.02 Å². The fourth-order valence-electron chi connectivity index (χ4n) is 1.50. The van der Waals surface area contributed by atoms with Crippen molar-refractivity contribution in [3.8, 4) is 0 Å². The van der Waals surface area contributed by atoms with Crippen molar-refractivity contribution in [2.45, 2.75) is 33.7 Å². The molecule has 0 radical (unpaired) electrons. The maximum Gasteiger partial charge on any atom is 0.173 e. The lowest BCUT2D eigenvalue weighted by atomic mass is 10.1. The van der Waals surface area contributed by atoms with E-state index in [1.807, 2.05) is 31.9 Å². The van der Waals surface area contributed by atoms with Crippen LogP contribution in [0.3, 0.4) is 0 Å². The molecular weight excluding hydrogens is 252 g/mol. The maximum atomic E-state index is 6.22. The monoisotopic (exact) mass is 270 g/mol. The van der Waals surface area contributed by atoms with Gasteiger partial charge in [0, 0.05) is 13.1 Å². The van der Waals surface area contributed by atoms with E-state index >= 15 is 0 Å². The van der Waals surface area contributed by atoms with Crippen molar-refractivity contribution in [1.29, 1.82) is 0 Å². The molecule has 0 aliphatic rings. The Labute approximate surface area is 114 Å². The molecule has 0 atom stereocenters. The average molecular weight is 271 g/mol. The first-order valence-electron chi connectivity index (χ1n) is 5.63. The van der Waals surface area contributed by atoms with Crippen LogP contribution in [0, 0.1) is 13.8 Å². The topological polar surface area (TPSA) is 15.3 Å². The first kappa shape index (κ1) is 14.3. The summed E-state index contributed by atoms with van der Waals surface area (Å²) in [6.45, 7) is 8.25. The summed E-state index contributed by atoms with van der Waals surface area (Å²) >= 11 is 11.6. The first-order chi connectivity index (χ1) is 7.82. The van der Waals surface area contributed by atoms with Crippen molar-refractivity contribution < 1.29 is 0 Å². The number of hydrogen-bond acceptors (Lipinski definition) is 1. The Hall–Kier alpha value is -0.800. The van der Waals surface area contributed by atoms with Crippen LogP contribution in [0.15, 0.2) is 12.1 Å². The van der Waals surface area contributed by atoms with Crippen molar-refractivity contribution >= 4 is 34.6 Å². The molecule has 17 heavy (non-hydrogen) atoms. The molecule has 0 heterocycles. The van der Waals surface area contributed by atoms with Crippen LogP contribution in [-0.4, -0.2) is 23.1 Å². The van der Waals surface area contributed by atoms with Gasteiger partial charge in [-0.05, 0) is 57.1 Å². The largest absolute Gasteiger partial charge is 0.350 e. The van der Waals surface area contributed by atoms with E-state index in [0.717, 1.165) is 16.8 Å². The van der Waals surface area contributed by atoms with E-state index in [4.69, 9.17) is 23.8 Å². The van der Waals surface area contributed by atoms with Crippen LogP contribution in [-0.2, 0) is 0 Å². The quantitative estimate of drug-likeness (QED) is 0.818. The van der Waals surface area contributed by atoms with Gasteiger partial charge in [-0.2, -0.15) is 0 Å². The lowest BCUT2D eigenvalue weighted by molar-refractivity contribution is 0.423. The maximum absolute atomic E-state index is 6.22. The summed E-state index contributed by atoms with van der Waals surface area (Å²) in [6, 6.07) is 4.39. The highest BCUT2D eigenvalue weighted by Gasteiger charge is 2.11. The number of benzene rings is 1. The van der Waals surface area contributed by atoms with Crippen molar-refractivity contribution in [2.75, 3.05) is 12.4 Å². The molecule has 0 bridgehead atoms. The number of halogens is 1. The molecule has 0 aliphatic carbocycles. The van der Waals surface area contributed by atoms with E-state index < -0.39 is 0 Å². The van der Waals surface area contributed by atoms with E-state index in [2.05, 4.69) is 25.2 Å². The predicted molar refractivity (Wildman–Crippen MR) is 80.0 cm³/mol. The molecule has 1 aromatic carbocycles. The van der Waals surface area contributed by atoms with Crippen LogP contribution >= 0.6 is 23.8 Å². The second-order valence-electron chi connectivity index (χ2n) is 4.57. The number of rotatable bonds is 2. The number of thiocarbonyl (C=S) groups is 1. The summed E-state index contributed by atoms with van der Waals surface area (Å²) in [5.74, 6) is 0. The van der Waals surface area contributed by atoms with Crippen molar-refractivity contribution in [1.82, 2.24) is 4.90 Å². The Morgan fingerprint density at radius 3 is 2.41 bits per heavy atom.